The lowest BCUT2D eigenvalue weighted by Crippen LogP contribution is -2.33. The van der Waals surface area contributed by atoms with Crippen molar-refractivity contribution in [1.29, 1.82) is 0 Å². The zero-order valence-electron chi connectivity index (χ0n) is 11.4. The minimum Gasteiger partial charge on any atom is -0.396 e. The Hall–Kier alpha value is -1.13. The molecule has 0 bridgehead atoms. The van der Waals surface area contributed by atoms with E-state index in [9.17, 15) is 4.39 Å². The minimum atomic E-state index is -0.200. The zero-order valence-corrected chi connectivity index (χ0v) is 11.4. The second-order valence-electron chi connectivity index (χ2n) is 4.68. The fourth-order valence-electron chi connectivity index (χ4n) is 2.00. The Kier molecular flexibility index (Phi) is 6.09. The van der Waals surface area contributed by atoms with Gasteiger partial charge < -0.3 is 15.3 Å². The van der Waals surface area contributed by atoms with E-state index in [1.807, 2.05) is 37.9 Å². The van der Waals surface area contributed by atoms with Crippen molar-refractivity contribution in [3.63, 3.8) is 0 Å². The summed E-state index contributed by atoms with van der Waals surface area (Å²) in [4.78, 5) is 1.98. The van der Waals surface area contributed by atoms with E-state index in [0.29, 0.717) is 25.2 Å². The summed E-state index contributed by atoms with van der Waals surface area (Å²) in [6.45, 7) is 5.51. The van der Waals surface area contributed by atoms with Gasteiger partial charge in [0.25, 0.3) is 0 Å². The molecule has 0 aliphatic carbocycles. The molecule has 4 heteroatoms. The quantitative estimate of drug-likeness (QED) is 0.782. The van der Waals surface area contributed by atoms with Crippen LogP contribution in [0.2, 0.25) is 0 Å². The lowest BCUT2D eigenvalue weighted by Gasteiger charge is -2.29. The number of nitrogens with one attached hydrogen (secondary N) is 1. The van der Waals surface area contributed by atoms with Gasteiger partial charge in [-0.3, -0.25) is 0 Å². The van der Waals surface area contributed by atoms with Crippen LogP contribution in [-0.4, -0.2) is 31.3 Å². The van der Waals surface area contributed by atoms with E-state index in [1.54, 1.807) is 6.07 Å². The first kappa shape index (κ1) is 14.9. The summed E-state index contributed by atoms with van der Waals surface area (Å²) in [5.41, 5.74) is 1.54. The normalized spacial score (nSPS) is 11.0. The average Bonchev–Trinajstić information content (AvgIpc) is 2.32. The third kappa shape index (κ3) is 3.96. The largest absolute Gasteiger partial charge is 0.396 e. The summed E-state index contributed by atoms with van der Waals surface area (Å²) < 4.78 is 14.1. The van der Waals surface area contributed by atoms with Crippen LogP contribution < -0.4 is 10.2 Å². The van der Waals surface area contributed by atoms with E-state index in [2.05, 4.69) is 5.32 Å². The first-order valence-electron chi connectivity index (χ1n) is 6.40. The molecule has 0 fully saturated rings. The number of anilines is 1. The number of benzene rings is 1. The molecule has 3 nitrogen and oxygen atoms in total. The SMILES string of the molecule is CNCc1ccc(N(CCCO)C(C)C)c(F)c1. The van der Waals surface area contributed by atoms with Gasteiger partial charge in [-0.15, -0.1) is 0 Å². The van der Waals surface area contributed by atoms with Crippen molar-refractivity contribution in [2.24, 2.45) is 0 Å². The molecular weight excluding hydrogens is 231 g/mol. The van der Waals surface area contributed by atoms with Gasteiger partial charge in [-0.1, -0.05) is 6.07 Å². The Morgan fingerprint density at radius 2 is 2.11 bits per heavy atom. The molecule has 0 spiro atoms. The molecule has 1 rings (SSSR count). The molecule has 0 amide bonds. The van der Waals surface area contributed by atoms with Crippen LogP contribution in [0.5, 0.6) is 0 Å². The summed E-state index contributed by atoms with van der Waals surface area (Å²) in [5, 5.41) is 11.9. The number of hydrogen-bond donors (Lipinski definition) is 2. The molecule has 0 radical (unpaired) electrons. The lowest BCUT2D eigenvalue weighted by atomic mass is 10.1. The van der Waals surface area contributed by atoms with Crippen molar-refractivity contribution >= 4 is 5.69 Å². The molecule has 0 unspecified atom stereocenters. The summed E-state index contributed by atoms with van der Waals surface area (Å²) in [6, 6.07) is 5.53. The topological polar surface area (TPSA) is 35.5 Å². The number of rotatable bonds is 7. The third-order valence-electron chi connectivity index (χ3n) is 2.88. The van der Waals surface area contributed by atoms with Gasteiger partial charge in [-0.25, -0.2) is 4.39 Å². The van der Waals surface area contributed by atoms with Crippen LogP contribution in [0.1, 0.15) is 25.8 Å². The Balaban J connectivity index is 2.90. The molecule has 18 heavy (non-hydrogen) atoms. The van der Waals surface area contributed by atoms with Gasteiger partial charge in [0.2, 0.25) is 0 Å². The molecule has 0 aliphatic rings. The molecule has 0 saturated heterocycles. The summed E-state index contributed by atoms with van der Waals surface area (Å²) in [6.07, 6.45) is 0.649. The van der Waals surface area contributed by atoms with E-state index in [0.717, 1.165) is 5.56 Å². The first-order chi connectivity index (χ1) is 8.60. The monoisotopic (exact) mass is 254 g/mol. The lowest BCUT2D eigenvalue weighted by molar-refractivity contribution is 0.288. The molecule has 0 saturated carbocycles. The second-order valence-corrected chi connectivity index (χ2v) is 4.68. The Morgan fingerprint density at radius 3 is 2.61 bits per heavy atom. The molecular formula is C14H23FN2O. The van der Waals surface area contributed by atoms with Gasteiger partial charge in [0.05, 0.1) is 5.69 Å². The summed E-state index contributed by atoms with van der Waals surface area (Å²) in [5.74, 6) is -0.200. The van der Waals surface area contributed by atoms with Crippen molar-refractivity contribution in [2.45, 2.75) is 32.9 Å². The minimum absolute atomic E-state index is 0.128. The van der Waals surface area contributed by atoms with Gasteiger partial charge in [-0.2, -0.15) is 0 Å². The van der Waals surface area contributed by atoms with Crippen LogP contribution in [-0.2, 0) is 6.54 Å². The number of hydrogen-bond acceptors (Lipinski definition) is 3. The standard InChI is InChI=1S/C14H23FN2O/c1-11(2)17(7-4-8-18)14-6-5-12(10-16-3)9-13(14)15/h5-6,9,11,16,18H,4,7-8,10H2,1-3H3. The molecule has 0 heterocycles. The molecule has 0 aromatic heterocycles. The van der Waals surface area contributed by atoms with Gasteiger partial charge in [-0.05, 0) is 45.0 Å². The van der Waals surface area contributed by atoms with Crippen LogP contribution in [0.15, 0.2) is 18.2 Å². The fourth-order valence-corrected chi connectivity index (χ4v) is 2.00. The summed E-state index contributed by atoms with van der Waals surface area (Å²) in [7, 11) is 1.84. The number of nitrogens with zero attached hydrogens (tertiary/aromatic N) is 1. The maximum absolute atomic E-state index is 14.1. The van der Waals surface area contributed by atoms with Gasteiger partial charge in [0.15, 0.2) is 0 Å². The van der Waals surface area contributed by atoms with E-state index < -0.39 is 0 Å². The maximum atomic E-state index is 14.1. The van der Waals surface area contributed by atoms with Gasteiger partial charge in [0, 0.05) is 25.7 Å². The molecule has 0 aliphatic heterocycles. The van der Waals surface area contributed by atoms with E-state index >= 15 is 0 Å². The molecule has 1 aromatic rings. The van der Waals surface area contributed by atoms with E-state index in [4.69, 9.17) is 5.11 Å². The molecule has 0 atom stereocenters. The van der Waals surface area contributed by atoms with Crippen molar-refractivity contribution < 1.29 is 9.50 Å². The van der Waals surface area contributed by atoms with Crippen molar-refractivity contribution in [3.05, 3.63) is 29.6 Å². The average molecular weight is 254 g/mol. The highest BCUT2D eigenvalue weighted by atomic mass is 19.1. The highest BCUT2D eigenvalue weighted by molar-refractivity contribution is 5.50. The van der Waals surface area contributed by atoms with E-state index in [1.165, 1.54) is 0 Å². The Labute approximate surface area is 109 Å². The predicted molar refractivity (Wildman–Crippen MR) is 73.3 cm³/mol. The Morgan fingerprint density at radius 1 is 1.39 bits per heavy atom. The van der Waals surface area contributed by atoms with Crippen molar-refractivity contribution in [2.75, 3.05) is 25.1 Å². The number of aliphatic hydroxyl groups is 1. The fraction of sp³-hybridized carbons (Fsp3) is 0.571. The molecule has 102 valence electrons. The highest BCUT2D eigenvalue weighted by Gasteiger charge is 2.14. The first-order valence-corrected chi connectivity index (χ1v) is 6.40. The van der Waals surface area contributed by atoms with Crippen LogP contribution >= 0.6 is 0 Å². The second kappa shape index (κ2) is 7.34. The van der Waals surface area contributed by atoms with Crippen LogP contribution in [0.25, 0.3) is 0 Å². The van der Waals surface area contributed by atoms with E-state index in [-0.39, 0.29) is 18.5 Å². The smallest absolute Gasteiger partial charge is 0.146 e. The zero-order chi connectivity index (χ0) is 13.5. The van der Waals surface area contributed by atoms with Gasteiger partial charge >= 0.3 is 0 Å². The molecule has 1 aromatic carbocycles. The van der Waals surface area contributed by atoms with Crippen LogP contribution in [0.4, 0.5) is 10.1 Å². The maximum Gasteiger partial charge on any atom is 0.146 e. The number of aliphatic hydroxyl groups excluding tert-OH is 1. The van der Waals surface area contributed by atoms with Crippen LogP contribution in [0.3, 0.4) is 0 Å². The van der Waals surface area contributed by atoms with Crippen LogP contribution in [0, 0.1) is 5.82 Å². The number of halogens is 1. The summed E-state index contributed by atoms with van der Waals surface area (Å²) >= 11 is 0. The van der Waals surface area contributed by atoms with Crippen molar-refractivity contribution in [3.8, 4) is 0 Å². The molecule has 2 N–H and O–H groups in total. The Bertz CT molecular complexity index is 369. The van der Waals surface area contributed by atoms with Gasteiger partial charge in [0.1, 0.15) is 5.82 Å². The van der Waals surface area contributed by atoms with Crippen molar-refractivity contribution in [1.82, 2.24) is 5.32 Å². The third-order valence-corrected chi connectivity index (χ3v) is 2.88. The highest BCUT2D eigenvalue weighted by Crippen LogP contribution is 2.23. The predicted octanol–water partition coefficient (Wildman–Crippen LogP) is 2.14.